The maximum absolute atomic E-state index is 14.2. The van der Waals surface area contributed by atoms with Crippen molar-refractivity contribution in [2.24, 2.45) is 5.73 Å². The van der Waals surface area contributed by atoms with Crippen molar-refractivity contribution in [1.29, 1.82) is 0 Å². The molecule has 18 nitrogen and oxygen atoms in total. The molecular weight excluding hydrogens is 805 g/mol. The van der Waals surface area contributed by atoms with Gasteiger partial charge in [-0.2, -0.15) is 0 Å². The van der Waals surface area contributed by atoms with Gasteiger partial charge in [-0.25, -0.2) is 4.79 Å². The van der Waals surface area contributed by atoms with Crippen LogP contribution in [0.1, 0.15) is 99.9 Å². The van der Waals surface area contributed by atoms with Crippen molar-refractivity contribution in [3.8, 4) is 11.5 Å². The van der Waals surface area contributed by atoms with Crippen LogP contribution in [0, 0.1) is 0 Å². The van der Waals surface area contributed by atoms with E-state index in [9.17, 15) is 48.9 Å². The van der Waals surface area contributed by atoms with Gasteiger partial charge in [-0.3, -0.25) is 28.8 Å². The van der Waals surface area contributed by atoms with Crippen LogP contribution < -0.4 is 32.3 Å². The Bertz CT molecular complexity index is 2100. The Labute approximate surface area is 358 Å². The second-order valence-electron chi connectivity index (χ2n) is 14.1. The molecule has 3 rings (SSSR count). The first kappa shape index (κ1) is 49.3. The Morgan fingerprint density at radius 3 is 1.81 bits per heavy atom. The molecule has 62 heavy (non-hydrogen) atoms. The van der Waals surface area contributed by atoms with E-state index in [2.05, 4.69) is 33.5 Å². The Morgan fingerprint density at radius 2 is 1.26 bits per heavy atom. The maximum atomic E-state index is 14.2. The highest BCUT2D eigenvalue weighted by atomic mass is 16.5. The normalized spacial score (nSPS) is 13.9. The summed E-state index contributed by atoms with van der Waals surface area (Å²) in [4.78, 5) is 91.3. The number of benzene rings is 3. The Hall–Kier alpha value is -7.05. The number of carbonyl (C=O) groups is 7. The first-order chi connectivity index (χ1) is 29.5. The molecule has 5 atom stereocenters. The summed E-state index contributed by atoms with van der Waals surface area (Å²) in [6, 6.07) is 10.8. The molecule has 0 saturated carbocycles. The molecule has 0 aliphatic heterocycles. The summed E-state index contributed by atoms with van der Waals surface area (Å²) in [5.74, 6) is -6.71. The fraction of sp³-hybridized carbons (Fsp3) is 0.341. The third kappa shape index (κ3) is 14.9. The Kier molecular flexibility index (Phi) is 19.3. The van der Waals surface area contributed by atoms with Gasteiger partial charge in [-0.15, -0.1) is 0 Å². The number of carboxylic acid groups (broad SMARTS) is 1. The number of phenols is 2. The van der Waals surface area contributed by atoms with Crippen molar-refractivity contribution in [2.75, 3.05) is 5.32 Å². The minimum Gasteiger partial charge on any atom is -0.508 e. The molecule has 0 aliphatic carbocycles. The summed E-state index contributed by atoms with van der Waals surface area (Å²) in [6.45, 7) is 6.35. The van der Waals surface area contributed by atoms with Crippen LogP contribution in [0.25, 0.3) is 0 Å². The lowest BCUT2D eigenvalue weighted by molar-refractivity contribution is -0.141. The summed E-state index contributed by atoms with van der Waals surface area (Å²) in [7, 11) is 0. The van der Waals surface area contributed by atoms with Gasteiger partial charge in [0.2, 0.25) is 11.8 Å². The van der Waals surface area contributed by atoms with Gasteiger partial charge in [-0.1, -0.05) is 69.0 Å². The van der Waals surface area contributed by atoms with Crippen LogP contribution in [0.2, 0.25) is 0 Å². The van der Waals surface area contributed by atoms with E-state index in [-0.39, 0.29) is 57.6 Å². The fourth-order valence-corrected chi connectivity index (χ4v) is 5.80. The number of ether oxygens (including phenoxy) is 1. The van der Waals surface area contributed by atoms with Crippen LogP contribution in [0.3, 0.4) is 0 Å². The second-order valence-corrected chi connectivity index (χ2v) is 14.1. The van der Waals surface area contributed by atoms with E-state index in [4.69, 9.17) is 15.6 Å². The molecular formula is C44H54N6O12. The quantitative estimate of drug-likeness (QED) is 0.0394. The van der Waals surface area contributed by atoms with E-state index in [1.807, 2.05) is 0 Å². The van der Waals surface area contributed by atoms with Gasteiger partial charge >= 0.3 is 11.9 Å². The Balaban J connectivity index is 1.86. The third-order valence-corrected chi connectivity index (χ3v) is 9.46. The zero-order valence-electron chi connectivity index (χ0n) is 34.8. The van der Waals surface area contributed by atoms with Gasteiger partial charge in [-0.05, 0) is 86.8 Å². The van der Waals surface area contributed by atoms with Gasteiger partial charge < -0.3 is 57.5 Å². The molecule has 0 bridgehead atoms. The number of aromatic hydroxyl groups is 2. The largest absolute Gasteiger partial charge is 0.508 e. The number of carboxylic acids is 1. The van der Waals surface area contributed by atoms with E-state index in [1.54, 1.807) is 0 Å². The molecule has 0 heterocycles. The summed E-state index contributed by atoms with van der Waals surface area (Å²) in [5.41, 5.74) is 5.43. The molecule has 5 amide bonds. The number of hydrogen-bond donors (Lipinski definition) is 10. The van der Waals surface area contributed by atoms with Crippen molar-refractivity contribution >= 4 is 47.2 Å². The topological polar surface area (TPSA) is 296 Å². The van der Waals surface area contributed by atoms with Crippen molar-refractivity contribution in [1.82, 2.24) is 21.3 Å². The molecule has 3 aromatic rings. The second kappa shape index (κ2) is 24.3. The summed E-state index contributed by atoms with van der Waals surface area (Å²) in [5, 5.41) is 52.9. The van der Waals surface area contributed by atoms with Gasteiger partial charge in [0.1, 0.15) is 53.2 Å². The zero-order chi connectivity index (χ0) is 45.9. The van der Waals surface area contributed by atoms with Crippen LogP contribution in [-0.2, 0) is 33.5 Å². The number of esters is 1. The first-order valence-corrected chi connectivity index (χ1v) is 19.9. The lowest BCUT2D eigenvalue weighted by Gasteiger charge is -2.27. The highest BCUT2D eigenvalue weighted by molar-refractivity contribution is 6.05. The monoisotopic (exact) mass is 858 g/mol. The summed E-state index contributed by atoms with van der Waals surface area (Å²) >= 11 is 0. The number of phenolic OH excluding ortho intramolecular Hbond substituents is 2. The molecule has 0 radical (unpaired) electrons. The average Bonchev–Trinajstić information content (AvgIpc) is 3.25. The van der Waals surface area contributed by atoms with E-state index >= 15 is 0 Å². The van der Waals surface area contributed by atoms with Crippen molar-refractivity contribution < 1.29 is 58.7 Å². The van der Waals surface area contributed by atoms with Crippen LogP contribution in [0.15, 0.2) is 96.3 Å². The van der Waals surface area contributed by atoms with Crippen LogP contribution in [0.4, 0.5) is 5.69 Å². The van der Waals surface area contributed by atoms with Crippen molar-refractivity contribution in [3.63, 3.8) is 0 Å². The number of nitrogens with one attached hydrogen (secondary N) is 5. The number of hydrogen-bond acceptors (Lipinski definition) is 12. The van der Waals surface area contributed by atoms with Crippen molar-refractivity contribution in [3.05, 3.63) is 113 Å². The minimum absolute atomic E-state index is 0.00849. The number of rotatable bonds is 22. The minimum atomic E-state index is -1.85. The molecule has 0 aliphatic rings. The lowest BCUT2D eigenvalue weighted by Crippen LogP contribution is -2.53. The molecule has 3 aromatic carbocycles. The van der Waals surface area contributed by atoms with Gasteiger partial charge in [0.25, 0.3) is 17.7 Å². The van der Waals surface area contributed by atoms with Gasteiger partial charge in [0.15, 0.2) is 0 Å². The van der Waals surface area contributed by atoms with E-state index < -0.39 is 65.9 Å². The molecule has 18 heteroatoms. The van der Waals surface area contributed by atoms with Crippen LogP contribution in [-0.4, -0.2) is 80.1 Å². The van der Waals surface area contributed by atoms with Crippen LogP contribution >= 0.6 is 0 Å². The SMILES string of the molecule is C/C=C(/NC(=O)CCCCCCC)C(=O)N/C(=C/C)C(=O)N[C@@H](C(=O)N[C@H](C(=O)Nc1ccc(C(=O)OC(C)[C@H](N)C(=O)O)cc1)c1ccc(O)cc1)[C@H](O)c1ccc(O)cc1. The maximum Gasteiger partial charge on any atom is 0.338 e. The highest BCUT2D eigenvalue weighted by Crippen LogP contribution is 2.24. The van der Waals surface area contributed by atoms with E-state index in [0.29, 0.717) is 6.42 Å². The van der Waals surface area contributed by atoms with E-state index in [0.717, 1.165) is 25.7 Å². The number of carbonyl (C=O) groups excluding carboxylic acids is 6. The average molecular weight is 859 g/mol. The molecule has 11 N–H and O–H groups in total. The van der Waals surface area contributed by atoms with Crippen molar-refractivity contribution in [2.45, 2.75) is 96.6 Å². The molecule has 332 valence electrons. The molecule has 0 fully saturated rings. The number of allylic oxidation sites excluding steroid dienone is 2. The molecule has 0 saturated heterocycles. The molecule has 0 spiro atoms. The smallest absolute Gasteiger partial charge is 0.338 e. The first-order valence-electron chi connectivity index (χ1n) is 19.9. The standard InChI is InChI=1S/C44H54N6O12/c1-5-8-9-10-11-12-34(53)47-32(6-2)39(55)48-33(7-3)40(56)50-37(38(54)27-17-23-31(52)24-18-27)42(58)49-36(26-15-21-30(51)22-16-26)41(57)46-29-19-13-28(14-20-29)44(61)62-25(4)35(45)43(59)60/h6-7,13-25,35-38,51-52,54H,5,8-12,45H2,1-4H3,(H,46,57)(H,47,53)(H,48,55)(H,49,58)(H,50,56)(H,59,60)/b32-6+,33-7+/t25?,35-,36-,37+,38+/m0/s1. The van der Waals surface area contributed by atoms with Crippen LogP contribution in [0.5, 0.6) is 11.5 Å². The predicted octanol–water partition coefficient (Wildman–Crippen LogP) is 3.47. The number of aliphatic carboxylic acids is 1. The fourth-order valence-electron chi connectivity index (χ4n) is 5.80. The van der Waals surface area contributed by atoms with E-state index in [1.165, 1.54) is 106 Å². The molecule has 1 unspecified atom stereocenters. The number of anilines is 1. The predicted molar refractivity (Wildman–Crippen MR) is 227 cm³/mol. The number of amides is 5. The number of aliphatic hydroxyl groups excluding tert-OH is 1. The number of aliphatic hydroxyl groups is 1. The zero-order valence-corrected chi connectivity index (χ0v) is 34.8. The summed E-state index contributed by atoms with van der Waals surface area (Å²) in [6.07, 6.45) is 4.42. The summed E-state index contributed by atoms with van der Waals surface area (Å²) < 4.78 is 5.12. The Morgan fingerprint density at radius 1 is 0.710 bits per heavy atom. The highest BCUT2D eigenvalue weighted by Gasteiger charge is 2.34. The van der Waals surface area contributed by atoms with Gasteiger partial charge in [0.05, 0.1) is 5.56 Å². The molecule has 0 aromatic heterocycles. The third-order valence-electron chi connectivity index (χ3n) is 9.46. The number of nitrogens with two attached hydrogens (primary N) is 1. The number of unbranched alkanes of at least 4 members (excludes halogenated alkanes) is 4. The van der Waals surface area contributed by atoms with Gasteiger partial charge in [0, 0.05) is 12.1 Å². The lowest BCUT2D eigenvalue weighted by atomic mass is 9.99.